The summed E-state index contributed by atoms with van der Waals surface area (Å²) in [7, 11) is 3.47. The third kappa shape index (κ3) is 7.08. The van der Waals surface area contributed by atoms with E-state index in [0.29, 0.717) is 5.49 Å². The van der Waals surface area contributed by atoms with Gasteiger partial charge in [0, 0.05) is 6.54 Å². The van der Waals surface area contributed by atoms with E-state index >= 15 is 0 Å². The van der Waals surface area contributed by atoms with Gasteiger partial charge >= 0.3 is 19.5 Å². The zero-order valence-electron chi connectivity index (χ0n) is 10.3. The van der Waals surface area contributed by atoms with Gasteiger partial charge in [0.2, 0.25) is 0 Å². The maximum absolute atomic E-state index is 7.75. The predicted octanol–water partition coefficient (Wildman–Crippen LogP) is 0.634. The van der Waals surface area contributed by atoms with Crippen LogP contribution in [0.25, 0.3) is 0 Å². The van der Waals surface area contributed by atoms with Gasteiger partial charge < -0.3 is 19.7 Å². The van der Waals surface area contributed by atoms with Gasteiger partial charge in [-0.3, -0.25) is 13.8 Å². The average Bonchev–Trinajstić information content (AvgIpc) is 2.38. The Bertz CT molecular complexity index is 348. The summed E-state index contributed by atoms with van der Waals surface area (Å²) in [5.74, 6) is 0. The summed E-state index contributed by atoms with van der Waals surface area (Å²) in [6, 6.07) is 5.85. The minimum absolute atomic E-state index is 0. The van der Waals surface area contributed by atoms with Crippen molar-refractivity contribution in [3.63, 3.8) is 0 Å². The molecular weight excluding hydrogens is 303 g/mol. The summed E-state index contributed by atoms with van der Waals surface area (Å²) in [4.78, 5) is 18.2. The van der Waals surface area contributed by atoms with E-state index in [9.17, 15) is 0 Å². The Labute approximate surface area is 116 Å². The summed E-state index contributed by atoms with van der Waals surface area (Å²) >= 11 is 0. The molecule has 99 valence electrons. The molecule has 0 N–H and O–H groups in total. The van der Waals surface area contributed by atoms with Crippen LogP contribution in [0.3, 0.4) is 0 Å². The van der Waals surface area contributed by atoms with Gasteiger partial charge in [-0.15, -0.1) is 6.07 Å². The van der Waals surface area contributed by atoms with Crippen molar-refractivity contribution in [3.05, 3.63) is 36.4 Å². The zero-order chi connectivity index (χ0) is 12.4. The van der Waals surface area contributed by atoms with Crippen molar-refractivity contribution < 1.29 is 24.3 Å². The second-order valence-electron chi connectivity index (χ2n) is 3.11. The molecule has 0 aromatic carbocycles. The standard InChI is InChI=1S/C11H17N3.CHO.Ru.H/c1-4-14(5-2)9-10-7-6-8-11(12-3)13-10;1-2;;/h6-8H,3-5,9H2,1-2H3;1H;;/q-2;-1;;. The van der Waals surface area contributed by atoms with Crippen LogP contribution in [-0.2, 0) is 30.8 Å². The summed E-state index contributed by atoms with van der Waals surface area (Å²) < 4.78 is 0. The molecule has 0 amide bonds. The first-order valence-electron chi connectivity index (χ1n) is 5.18. The SMILES string of the molecule is [CH-]=O.[CH2-]N=c1cccc(CN(CC)CC)[n-]1.[RuH]. The normalized spacial score (nSPS) is 10.4. The number of hydrogen-bond donors (Lipinski definition) is 0. The monoisotopic (exact) mass is 323 g/mol. The molecule has 1 heterocycles. The molecule has 0 aliphatic rings. The van der Waals surface area contributed by atoms with Crippen molar-refractivity contribution in [2.45, 2.75) is 20.4 Å². The van der Waals surface area contributed by atoms with Crippen molar-refractivity contribution in [3.8, 4) is 0 Å². The second kappa shape index (κ2) is 11.6. The first-order chi connectivity index (χ1) is 7.80. The van der Waals surface area contributed by atoms with Crippen LogP contribution in [0.2, 0.25) is 0 Å². The summed E-state index contributed by atoms with van der Waals surface area (Å²) in [6.07, 6.45) is 0. The van der Waals surface area contributed by atoms with Gasteiger partial charge in [-0.25, -0.2) is 5.49 Å². The van der Waals surface area contributed by atoms with E-state index in [1.807, 2.05) is 18.2 Å². The van der Waals surface area contributed by atoms with Crippen LogP contribution in [0.1, 0.15) is 19.5 Å². The number of nitrogens with zero attached hydrogens (tertiary/aromatic N) is 3. The number of carbonyl (C=O) groups excluding carboxylic acids is 1. The van der Waals surface area contributed by atoms with Gasteiger partial charge in [0.05, 0.1) is 0 Å². The van der Waals surface area contributed by atoms with Crippen LogP contribution in [0.5, 0.6) is 0 Å². The van der Waals surface area contributed by atoms with Crippen molar-refractivity contribution in [2.24, 2.45) is 4.99 Å². The van der Waals surface area contributed by atoms with Gasteiger partial charge in [0.15, 0.2) is 0 Å². The molecule has 4 nitrogen and oxygen atoms in total. The molecule has 1 aromatic rings. The van der Waals surface area contributed by atoms with E-state index in [4.69, 9.17) is 4.79 Å². The van der Waals surface area contributed by atoms with Gasteiger partial charge in [-0.1, -0.05) is 31.7 Å². The number of hydrogen-bond acceptors (Lipinski definition) is 3. The van der Waals surface area contributed by atoms with Gasteiger partial charge in [0.1, 0.15) is 0 Å². The number of aromatic nitrogens is 1. The molecule has 0 unspecified atom stereocenters. The third-order valence-corrected chi connectivity index (χ3v) is 2.23. The quantitative estimate of drug-likeness (QED) is 0.464. The number of pyridine rings is 1. The van der Waals surface area contributed by atoms with Crippen molar-refractivity contribution in [1.29, 1.82) is 0 Å². The van der Waals surface area contributed by atoms with Crippen LogP contribution in [0.15, 0.2) is 23.2 Å². The van der Waals surface area contributed by atoms with Crippen LogP contribution in [0, 0.1) is 7.05 Å². The molecule has 0 aliphatic heterocycles. The van der Waals surface area contributed by atoms with Crippen LogP contribution < -0.4 is 10.5 Å². The molecule has 1 rings (SSSR count). The Balaban J connectivity index is 0. The molecule has 0 saturated heterocycles. The molecule has 0 spiro atoms. The van der Waals surface area contributed by atoms with Crippen molar-refractivity contribution in [1.82, 2.24) is 9.88 Å². The molecule has 0 bridgehead atoms. The minimum atomic E-state index is 0. The van der Waals surface area contributed by atoms with E-state index in [0.717, 1.165) is 25.3 Å². The Morgan fingerprint density at radius 2 is 1.94 bits per heavy atom. The first kappa shape index (κ1) is 18.4. The second-order valence-corrected chi connectivity index (χ2v) is 3.11. The Kier molecular flexibility index (Phi) is 12.5. The molecule has 17 heavy (non-hydrogen) atoms. The maximum atomic E-state index is 7.75. The topological polar surface area (TPSA) is 46.8 Å². The van der Waals surface area contributed by atoms with E-state index < -0.39 is 0 Å². The van der Waals surface area contributed by atoms with Gasteiger partial charge in [-0.05, 0) is 13.1 Å². The van der Waals surface area contributed by atoms with Gasteiger partial charge in [0.25, 0.3) is 0 Å². The van der Waals surface area contributed by atoms with Crippen LogP contribution in [-0.4, -0.2) is 24.8 Å². The summed E-state index contributed by atoms with van der Waals surface area (Å²) in [6.45, 7) is 10.5. The molecule has 1 aromatic heterocycles. The first-order valence-corrected chi connectivity index (χ1v) is 5.18. The van der Waals surface area contributed by atoms with E-state index in [2.05, 4.69) is 42.6 Å². The van der Waals surface area contributed by atoms with Crippen LogP contribution >= 0.6 is 0 Å². The molecule has 0 atom stereocenters. The summed E-state index contributed by atoms with van der Waals surface area (Å²) in [5.41, 5.74) is 1.76. The molecule has 5 heteroatoms. The Hall–Kier alpha value is -0.927. The van der Waals surface area contributed by atoms with Crippen molar-refractivity contribution >= 4 is 6.79 Å². The summed E-state index contributed by atoms with van der Waals surface area (Å²) in [5, 5.41) is 0. The Morgan fingerprint density at radius 3 is 2.41 bits per heavy atom. The Morgan fingerprint density at radius 1 is 1.35 bits per heavy atom. The molecular formula is C12H19N3ORu-3. The molecule has 0 aliphatic carbocycles. The molecule has 0 saturated carbocycles. The third-order valence-electron chi connectivity index (χ3n) is 2.23. The van der Waals surface area contributed by atoms with E-state index in [1.54, 1.807) is 0 Å². The fourth-order valence-electron chi connectivity index (χ4n) is 1.32. The fourth-order valence-corrected chi connectivity index (χ4v) is 1.32. The molecule has 0 radical (unpaired) electrons. The average molecular weight is 322 g/mol. The predicted molar refractivity (Wildman–Crippen MR) is 65.5 cm³/mol. The molecule has 0 fully saturated rings. The number of rotatable bonds is 4. The van der Waals surface area contributed by atoms with E-state index in [1.165, 1.54) is 0 Å². The fraction of sp³-hybridized carbons (Fsp3) is 0.417. The van der Waals surface area contributed by atoms with Crippen molar-refractivity contribution in [2.75, 3.05) is 13.1 Å². The zero-order valence-corrected chi connectivity index (χ0v) is 12.1. The van der Waals surface area contributed by atoms with Crippen LogP contribution in [0.4, 0.5) is 0 Å². The van der Waals surface area contributed by atoms with Gasteiger partial charge in [-0.2, -0.15) is 0 Å². The van der Waals surface area contributed by atoms with E-state index in [-0.39, 0.29) is 19.5 Å².